The van der Waals surface area contributed by atoms with Crippen LogP contribution in [0.15, 0.2) is 16.5 Å². The van der Waals surface area contributed by atoms with Gasteiger partial charge in [-0.25, -0.2) is 0 Å². The lowest BCUT2D eigenvalue weighted by Gasteiger charge is -2.21. The Labute approximate surface area is 83.1 Å². The lowest BCUT2D eigenvalue weighted by atomic mass is 10.3. The van der Waals surface area contributed by atoms with Crippen LogP contribution in [0.2, 0.25) is 0 Å². The van der Waals surface area contributed by atoms with Crippen molar-refractivity contribution in [2.24, 2.45) is 0 Å². The number of carbonyl (C=O) groups excluding carboxylic acids is 1. The summed E-state index contributed by atoms with van der Waals surface area (Å²) in [5.41, 5.74) is 0. The molecule has 1 amide bonds. The van der Waals surface area contributed by atoms with Crippen molar-refractivity contribution in [1.29, 1.82) is 0 Å². The second-order valence-corrected chi connectivity index (χ2v) is 3.36. The number of hydrogen-bond acceptors (Lipinski definition) is 3. The Kier molecular flexibility index (Phi) is 3.30. The van der Waals surface area contributed by atoms with E-state index in [1.54, 1.807) is 33.0 Å². The summed E-state index contributed by atoms with van der Waals surface area (Å²) in [6, 6.07) is 3.18. The summed E-state index contributed by atoms with van der Waals surface area (Å²) >= 11 is 0. The smallest absolute Gasteiger partial charge is 0.289 e. The molecule has 1 aromatic rings. The summed E-state index contributed by atoms with van der Waals surface area (Å²) in [5, 5.41) is 8.88. The molecule has 4 nitrogen and oxygen atoms in total. The van der Waals surface area contributed by atoms with Gasteiger partial charge in [-0.05, 0) is 26.0 Å². The number of amides is 1. The van der Waals surface area contributed by atoms with Gasteiger partial charge in [0.2, 0.25) is 0 Å². The average Bonchev–Trinajstić information content (AvgIpc) is 2.61. The first-order valence-electron chi connectivity index (χ1n) is 4.50. The van der Waals surface area contributed by atoms with Gasteiger partial charge in [0.25, 0.3) is 5.91 Å². The first kappa shape index (κ1) is 10.8. The molecule has 0 bridgehead atoms. The second kappa shape index (κ2) is 4.28. The largest absolute Gasteiger partial charge is 0.456 e. The molecule has 0 aliphatic carbocycles. The molecule has 4 heteroatoms. The highest BCUT2D eigenvalue weighted by atomic mass is 16.3. The van der Waals surface area contributed by atoms with E-state index in [-0.39, 0.29) is 18.6 Å². The zero-order valence-corrected chi connectivity index (χ0v) is 8.65. The van der Waals surface area contributed by atoms with Crippen molar-refractivity contribution in [3.8, 4) is 0 Å². The Morgan fingerprint density at radius 2 is 2.29 bits per heavy atom. The van der Waals surface area contributed by atoms with E-state index in [9.17, 15) is 4.79 Å². The van der Waals surface area contributed by atoms with E-state index in [2.05, 4.69) is 0 Å². The van der Waals surface area contributed by atoms with E-state index in [4.69, 9.17) is 9.52 Å². The Bertz CT molecular complexity index is 319. The van der Waals surface area contributed by atoms with Crippen LogP contribution in [-0.4, -0.2) is 35.6 Å². The highest BCUT2D eigenvalue weighted by molar-refractivity contribution is 5.91. The highest BCUT2D eigenvalue weighted by Crippen LogP contribution is 2.10. The molecule has 0 fully saturated rings. The molecule has 14 heavy (non-hydrogen) atoms. The van der Waals surface area contributed by atoms with E-state index in [1.807, 2.05) is 0 Å². The lowest BCUT2D eigenvalue weighted by molar-refractivity contribution is 0.0649. The number of carbonyl (C=O) groups is 1. The molecule has 0 spiro atoms. The van der Waals surface area contributed by atoms with Gasteiger partial charge in [0.1, 0.15) is 5.76 Å². The van der Waals surface area contributed by atoms with Gasteiger partial charge in [-0.2, -0.15) is 0 Å². The van der Waals surface area contributed by atoms with Crippen molar-refractivity contribution in [1.82, 2.24) is 4.90 Å². The molecule has 0 aliphatic rings. The maximum atomic E-state index is 11.7. The van der Waals surface area contributed by atoms with Crippen molar-refractivity contribution >= 4 is 5.91 Å². The number of hydrogen-bond donors (Lipinski definition) is 1. The SMILES string of the molecule is Cc1ccc(C(=O)N(C)C(C)CO)o1. The normalized spacial score (nSPS) is 12.6. The first-order valence-corrected chi connectivity index (χ1v) is 4.50. The molecule has 1 N–H and O–H groups in total. The Hall–Kier alpha value is -1.29. The van der Waals surface area contributed by atoms with Crippen molar-refractivity contribution in [2.75, 3.05) is 13.7 Å². The summed E-state index contributed by atoms with van der Waals surface area (Å²) in [5.74, 6) is 0.809. The van der Waals surface area contributed by atoms with Gasteiger partial charge in [0.05, 0.1) is 12.6 Å². The van der Waals surface area contributed by atoms with Crippen LogP contribution in [-0.2, 0) is 0 Å². The van der Waals surface area contributed by atoms with Crippen LogP contribution < -0.4 is 0 Å². The zero-order valence-electron chi connectivity index (χ0n) is 8.65. The van der Waals surface area contributed by atoms with Crippen molar-refractivity contribution in [3.63, 3.8) is 0 Å². The zero-order chi connectivity index (χ0) is 10.7. The minimum atomic E-state index is -0.209. The topological polar surface area (TPSA) is 53.7 Å². The van der Waals surface area contributed by atoms with E-state index in [0.717, 1.165) is 0 Å². The third-order valence-electron chi connectivity index (χ3n) is 2.20. The summed E-state index contributed by atoms with van der Waals surface area (Å²) in [4.78, 5) is 13.1. The van der Waals surface area contributed by atoms with Gasteiger partial charge in [-0.3, -0.25) is 4.79 Å². The molecule has 0 aliphatic heterocycles. The molecule has 1 heterocycles. The van der Waals surface area contributed by atoms with Gasteiger partial charge in [0, 0.05) is 7.05 Å². The fourth-order valence-electron chi connectivity index (χ4n) is 1.05. The number of aliphatic hydroxyl groups excluding tert-OH is 1. The average molecular weight is 197 g/mol. The molecule has 1 aromatic heterocycles. The third kappa shape index (κ3) is 2.14. The molecule has 1 unspecified atom stereocenters. The minimum absolute atomic E-state index is 0.0536. The van der Waals surface area contributed by atoms with Crippen LogP contribution in [0.3, 0.4) is 0 Å². The molecule has 0 aromatic carbocycles. The van der Waals surface area contributed by atoms with E-state index in [1.165, 1.54) is 4.90 Å². The van der Waals surface area contributed by atoms with Crippen LogP contribution in [0.25, 0.3) is 0 Å². The summed E-state index contributed by atoms with van der Waals surface area (Å²) in [6.07, 6.45) is 0. The molecular formula is C10H15NO3. The molecule has 0 saturated carbocycles. The molecule has 78 valence electrons. The predicted molar refractivity (Wildman–Crippen MR) is 52.1 cm³/mol. The standard InChI is InChI=1S/C10H15NO3/c1-7(6-12)11(3)10(13)9-5-4-8(2)14-9/h4-5,7,12H,6H2,1-3H3. The van der Waals surface area contributed by atoms with Crippen molar-refractivity contribution in [2.45, 2.75) is 19.9 Å². The number of furan rings is 1. The van der Waals surface area contributed by atoms with Crippen LogP contribution in [0.4, 0.5) is 0 Å². The fourth-order valence-corrected chi connectivity index (χ4v) is 1.05. The van der Waals surface area contributed by atoms with Crippen LogP contribution in [0, 0.1) is 6.92 Å². The number of aryl methyl sites for hydroxylation is 1. The maximum absolute atomic E-state index is 11.7. The first-order chi connectivity index (χ1) is 6.56. The number of nitrogens with zero attached hydrogens (tertiary/aromatic N) is 1. The molecular weight excluding hydrogens is 182 g/mol. The predicted octanol–water partition coefficient (Wildman–Crippen LogP) is 1.04. The number of likely N-dealkylation sites (N-methyl/N-ethyl adjacent to an activating group) is 1. The molecule has 1 atom stereocenters. The molecule has 1 rings (SSSR count). The van der Waals surface area contributed by atoms with Gasteiger partial charge in [-0.15, -0.1) is 0 Å². The Balaban J connectivity index is 2.75. The molecule has 0 saturated heterocycles. The Morgan fingerprint density at radius 3 is 2.71 bits per heavy atom. The summed E-state index contributed by atoms with van der Waals surface area (Å²) in [6.45, 7) is 3.50. The highest BCUT2D eigenvalue weighted by Gasteiger charge is 2.19. The van der Waals surface area contributed by atoms with Crippen LogP contribution >= 0.6 is 0 Å². The summed E-state index contributed by atoms with van der Waals surface area (Å²) in [7, 11) is 1.64. The van der Waals surface area contributed by atoms with Crippen molar-refractivity contribution < 1.29 is 14.3 Å². The second-order valence-electron chi connectivity index (χ2n) is 3.36. The van der Waals surface area contributed by atoms with Crippen LogP contribution in [0.5, 0.6) is 0 Å². The van der Waals surface area contributed by atoms with Gasteiger partial charge >= 0.3 is 0 Å². The van der Waals surface area contributed by atoms with E-state index < -0.39 is 0 Å². The lowest BCUT2D eigenvalue weighted by Crippen LogP contribution is -2.37. The van der Waals surface area contributed by atoms with E-state index in [0.29, 0.717) is 11.5 Å². The van der Waals surface area contributed by atoms with Crippen molar-refractivity contribution in [3.05, 3.63) is 23.7 Å². The maximum Gasteiger partial charge on any atom is 0.289 e. The molecule has 0 radical (unpaired) electrons. The summed E-state index contributed by atoms with van der Waals surface area (Å²) < 4.78 is 5.19. The van der Waals surface area contributed by atoms with Crippen LogP contribution in [0.1, 0.15) is 23.2 Å². The van der Waals surface area contributed by atoms with Gasteiger partial charge < -0.3 is 14.4 Å². The fraction of sp³-hybridized carbons (Fsp3) is 0.500. The minimum Gasteiger partial charge on any atom is -0.456 e. The number of rotatable bonds is 3. The monoisotopic (exact) mass is 197 g/mol. The Morgan fingerprint density at radius 1 is 1.64 bits per heavy atom. The number of aliphatic hydroxyl groups is 1. The van der Waals surface area contributed by atoms with Gasteiger partial charge in [0.15, 0.2) is 5.76 Å². The van der Waals surface area contributed by atoms with E-state index >= 15 is 0 Å². The van der Waals surface area contributed by atoms with Gasteiger partial charge in [-0.1, -0.05) is 0 Å². The third-order valence-corrected chi connectivity index (χ3v) is 2.20. The quantitative estimate of drug-likeness (QED) is 0.787.